The van der Waals surface area contributed by atoms with Gasteiger partial charge in [0.05, 0.1) is 12.1 Å². The van der Waals surface area contributed by atoms with Crippen LogP contribution in [-0.2, 0) is 4.84 Å². The highest BCUT2D eigenvalue weighted by molar-refractivity contribution is 5.99. The van der Waals surface area contributed by atoms with Crippen LogP contribution in [0.15, 0.2) is 58.1 Å². The van der Waals surface area contributed by atoms with E-state index >= 15 is 0 Å². The van der Waals surface area contributed by atoms with Crippen molar-refractivity contribution in [3.63, 3.8) is 0 Å². The Bertz CT molecular complexity index is 1130. The fourth-order valence-electron chi connectivity index (χ4n) is 5.76. The van der Waals surface area contributed by atoms with Crippen LogP contribution in [0.2, 0.25) is 0 Å². The molecule has 9 nitrogen and oxygen atoms in total. The number of nitrogens with zero attached hydrogens (tertiary/aromatic N) is 5. The van der Waals surface area contributed by atoms with Crippen molar-refractivity contribution in [3.8, 4) is 0 Å². The molecule has 184 valence electrons. The maximum absolute atomic E-state index is 13.9. The average molecular weight is 476 g/mol. The Kier molecular flexibility index (Phi) is 5.72. The predicted molar refractivity (Wildman–Crippen MR) is 134 cm³/mol. The van der Waals surface area contributed by atoms with Crippen molar-refractivity contribution in [2.24, 2.45) is 10.1 Å². The van der Waals surface area contributed by atoms with Crippen molar-refractivity contribution in [2.45, 2.75) is 64.3 Å². The maximum Gasteiger partial charge on any atom is 0.254 e. The van der Waals surface area contributed by atoms with Crippen LogP contribution < -0.4 is 10.7 Å². The van der Waals surface area contributed by atoms with E-state index in [1.807, 2.05) is 41.1 Å². The van der Waals surface area contributed by atoms with Gasteiger partial charge < -0.3 is 20.0 Å². The third-order valence-corrected chi connectivity index (χ3v) is 7.50. The summed E-state index contributed by atoms with van der Waals surface area (Å²) in [7, 11) is 0. The van der Waals surface area contributed by atoms with Crippen LogP contribution in [0.4, 0.5) is 0 Å². The molecule has 1 aromatic rings. The topological polar surface area (TPSA) is 84.8 Å². The summed E-state index contributed by atoms with van der Waals surface area (Å²) < 4.78 is 0. The number of amides is 1. The van der Waals surface area contributed by atoms with Crippen LogP contribution in [0.3, 0.4) is 0 Å². The lowest BCUT2D eigenvalue weighted by molar-refractivity contribution is 0.0530. The van der Waals surface area contributed by atoms with Crippen LogP contribution >= 0.6 is 0 Å². The largest absolute Gasteiger partial charge is 0.364 e. The molecule has 0 radical (unpaired) electrons. The van der Waals surface area contributed by atoms with Crippen LogP contribution in [0, 0.1) is 0 Å². The van der Waals surface area contributed by atoms with Gasteiger partial charge in [-0.25, -0.2) is 10.4 Å². The Morgan fingerprint density at radius 2 is 1.89 bits per heavy atom. The molecule has 3 atom stereocenters. The third kappa shape index (κ3) is 4.07. The van der Waals surface area contributed by atoms with E-state index in [-0.39, 0.29) is 18.0 Å². The number of aliphatic imine (C=N–C) groups is 1. The van der Waals surface area contributed by atoms with E-state index in [0.29, 0.717) is 11.4 Å². The molecule has 0 bridgehead atoms. The van der Waals surface area contributed by atoms with Gasteiger partial charge in [0.15, 0.2) is 0 Å². The van der Waals surface area contributed by atoms with E-state index in [2.05, 4.69) is 40.0 Å². The Hall–Kier alpha value is -3.33. The highest BCUT2D eigenvalue weighted by Crippen LogP contribution is 2.31. The number of likely N-dealkylation sites (tertiary alicyclic amines) is 2. The van der Waals surface area contributed by atoms with Gasteiger partial charge in [0.1, 0.15) is 17.5 Å². The number of amidine groups is 2. The summed E-state index contributed by atoms with van der Waals surface area (Å²) in [6, 6.07) is 7.75. The van der Waals surface area contributed by atoms with Crippen LogP contribution in [0.5, 0.6) is 0 Å². The lowest BCUT2D eigenvalue weighted by Gasteiger charge is -2.39. The zero-order chi connectivity index (χ0) is 23.9. The second-order valence-electron chi connectivity index (χ2n) is 9.95. The summed E-state index contributed by atoms with van der Waals surface area (Å²) >= 11 is 0. The van der Waals surface area contributed by atoms with Crippen molar-refractivity contribution in [3.05, 3.63) is 59.1 Å². The van der Waals surface area contributed by atoms with Gasteiger partial charge >= 0.3 is 0 Å². The number of carbonyl (C=O) groups is 1. The van der Waals surface area contributed by atoms with Gasteiger partial charge in [0, 0.05) is 42.5 Å². The van der Waals surface area contributed by atoms with E-state index in [4.69, 9.17) is 9.83 Å². The highest BCUT2D eigenvalue weighted by Gasteiger charge is 2.39. The number of fused-ring (bicyclic) bond motifs is 1. The van der Waals surface area contributed by atoms with Crippen molar-refractivity contribution in [1.82, 2.24) is 25.6 Å². The molecule has 0 saturated carbocycles. The summed E-state index contributed by atoms with van der Waals surface area (Å²) in [6.45, 7) is 6.86. The fourth-order valence-corrected chi connectivity index (χ4v) is 5.76. The number of hydrogen-bond acceptors (Lipinski definition) is 8. The van der Waals surface area contributed by atoms with Crippen molar-refractivity contribution >= 4 is 17.6 Å². The van der Waals surface area contributed by atoms with Gasteiger partial charge in [-0.1, -0.05) is 23.4 Å². The standard InChI is InChI=1S/C26H33N7O2/c1-17-16-33-23(28-24(17)31-12-7-8-13-31)15-21(29-33)22-11-5-6-14-32(22)26(34)20-10-4-3-9-19(20)25-27-18(2)30-35-25/h3-4,9-10,15-16,21-22,25,29H,5-8,11-14H2,1-2H3,(H,27,30). The van der Waals surface area contributed by atoms with Gasteiger partial charge in [-0.3, -0.25) is 9.80 Å². The summed E-state index contributed by atoms with van der Waals surface area (Å²) in [4.78, 5) is 28.9. The molecule has 1 aromatic carbocycles. The van der Waals surface area contributed by atoms with E-state index in [1.54, 1.807) is 0 Å². The summed E-state index contributed by atoms with van der Waals surface area (Å²) in [5.41, 5.74) is 6.25. The molecule has 6 rings (SSSR count). The molecule has 5 heterocycles. The molecule has 2 saturated heterocycles. The molecular weight excluding hydrogens is 442 g/mol. The van der Waals surface area contributed by atoms with Crippen molar-refractivity contribution < 1.29 is 9.63 Å². The SMILES string of the molecule is CC1=CN2NC(C3CCCCN3C(=O)c3ccccc3C3NC(C)=NO3)C=C2N=C1N1CCCC1. The molecular formula is C26H33N7O2. The summed E-state index contributed by atoms with van der Waals surface area (Å²) in [5.74, 6) is 2.76. The van der Waals surface area contributed by atoms with E-state index in [1.165, 1.54) is 18.4 Å². The summed E-state index contributed by atoms with van der Waals surface area (Å²) in [5, 5.41) is 9.23. The Morgan fingerprint density at radius 3 is 2.69 bits per heavy atom. The third-order valence-electron chi connectivity index (χ3n) is 7.50. The maximum atomic E-state index is 13.9. The number of piperidine rings is 1. The van der Waals surface area contributed by atoms with Crippen molar-refractivity contribution in [1.29, 1.82) is 0 Å². The Labute approximate surface area is 206 Å². The first-order valence-electron chi connectivity index (χ1n) is 12.7. The number of carbonyl (C=O) groups excluding carboxylic acids is 1. The molecule has 2 fully saturated rings. The van der Waals surface area contributed by atoms with E-state index in [9.17, 15) is 4.79 Å². The molecule has 5 aliphatic heterocycles. The number of hydrogen-bond donors (Lipinski definition) is 2. The monoisotopic (exact) mass is 475 g/mol. The van der Waals surface area contributed by atoms with Gasteiger partial charge in [0.2, 0.25) is 6.23 Å². The number of oxime groups is 1. The molecule has 0 spiro atoms. The molecule has 3 unspecified atom stereocenters. The first-order chi connectivity index (χ1) is 17.1. The molecule has 0 aromatic heterocycles. The van der Waals surface area contributed by atoms with Gasteiger partial charge in [-0.2, -0.15) is 0 Å². The Balaban J connectivity index is 1.25. The molecule has 1 amide bonds. The molecule has 5 aliphatic rings. The van der Waals surface area contributed by atoms with E-state index < -0.39 is 6.23 Å². The number of hydrazine groups is 1. The van der Waals surface area contributed by atoms with Crippen LogP contribution in [0.25, 0.3) is 0 Å². The first-order valence-corrected chi connectivity index (χ1v) is 12.7. The van der Waals surface area contributed by atoms with Crippen molar-refractivity contribution in [2.75, 3.05) is 19.6 Å². The second-order valence-corrected chi connectivity index (χ2v) is 9.95. The molecule has 35 heavy (non-hydrogen) atoms. The molecule has 0 aliphatic carbocycles. The van der Waals surface area contributed by atoms with Gasteiger partial charge in [-0.05, 0) is 58.1 Å². The number of benzene rings is 1. The van der Waals surface area contributed by atoms with Crippen LogP contribution in [0.1, 0.15) is 68.1 Å². The Morgan fingerprint density at radius 1 is 1.09 bits per heavy atom. The first kappa shape index (κ1) is 22.2. The lowest BCUT2D eigenvalue weighted by Crippen LogP contribution is -2.54. The molecule has 9 heteroatoms. The molecule has 2 N–H and O–H groups in total. The highest BCUT2D eigenvalue weighted by atomic mass is 16.7. The lowest BCUT2D eigenvalue weighted by atomic mass is 9.94. The predicted octanol–water partition coefficient (Wildman–Crippen LogP) is 3.08. The zero-order valence-corrected chi connectivity index (χ0v) is 20.4. The fraction of sp³-hybridized carbons (Fsp3) is 0.500. The quantitative estimate of drug-likeness (QED) is 0.699. The van der Waals surface area contributed by atoms with Crippen LogP contribution in [-0.4, -0.2) is 64.1 Å². The van der Waals surface area contributed by atoms with Gasteiger partial charge in [0.25, 0.3) is 5.91 Å². The normalized spacial score (nSPS) is 28.1. The summed E-state index contributed by atoms with van der Waals surface area (Å²) in [6.07, 6.45) is 9.42. The number of nitrogens with one attached hydrogen (secondary N) is 2. The minimum absolute atomic E-state index is 0.0126. The van der Waals surface area contributed by atoms with Gasteiger partial charge in [-0.15, -0.1) is 0 Å². The zero-order valence-electron chi connectivity index (χ0n) is 20.4. The smallest absolute Gasteiger partial charge is 0.254 e. The average Bonchev–Trinajstić information content (AvgIpc) is 3.64. The van der Waals surface area contributed by atoms with E-state index in [0.717, 1.165) is 56.1 Å². The minimum Gasteiger partial charge on any atom is -0.364 e. The second kappa shape index (κ2) is 9.03. The number of rotatable bonds is 3. The minimum atomic E-state index is -0.439.